The first-order chi connectivity index (χ1) is 18.3. The zero-order valence-corrected chi connectivity index (χ0v) is 23.5. The number of hydrogen-bond acceptors (Lipinski definition) is 5. The van der Waals surface area contributed by atoms with Crippen molar-refractivity contribution in [3.05, 3.63) is 58.7 Å². The van der Waals surface area contributed by atoms with Crippen LogP contribution in [0.15, 0.2) is 42.5 Å². The van der Waals surface area contributed by atoms with Gasteiger partial charge in [0.15, 0.2) is 0 Å². The molecule has 39 heavy (non-hydrogen) atoms. The number of piperidine rings is 1. The van der Waals surface area contributed by atoms with Crippen LogP contribution in [0.5, 0.6) is 0 Å². The fraction of sp³-hybridized carbons (Fsp3) is 0.536. The van der Waals surface area contributed by atoms with Crippen LogP contribution in [0.25, 0.3) is 0 Å². The van der Waals surface area contributed by atoms with Gasteiger partial charge >= 0.3 is 6.18 Å². The summed E-state index contributed by atoms with van der Waals surface area (Å²) in [5, 5.41) is 10.7. The highest BCUT2D eigenvalue weighted by Crippen LogP contribution is 2.40. The molecule has 1 saturated heterocycles. The summed E-state index contributed by atoms with van der Waals surface area (Å²) in [7, 11) is 4.60. The Labute approximate surface area is 232 Å². The zero-order valence-electron chi connectivity index (χ0n) is 22.7. The summed E-state index contributed by atoms with van der Waals surface area (Å²) in [4.78, 5) is 34.0. The van der Waals surface area contributed by atoms with Crippen LogP contribution in [0.4, 0.5) is 19.0 Å². The molecule has 0 saturated carbocycles. The van der Waals surface area contributed by atoms with E-state index in [1.54, 1.807) is 26.2 Å². The molecule has 0 spiro atoms. The molecule has 2 atom stereocenters. The number of amides is 2. The highest BCUT2D eigenvalue weighted by Gasteiger charge is 2.61. The number of benzene rings is 1. The molecule has 7 nitrogen and oxygen atoms in total. The second kappa shape index (κ2) is 12.6. The number of aliphatic hydroxyl groups is 1. The molecule has 0 bridgehead atoms. The molecular weight excluding hydrogens is 533 g/mol. The van der Waals surface area contributed by atoms with Gasteiger partial charge in [-0.3, -0.25) is 9.59 Å². The van der Waals surface area contributed by atoms with E-state index in [-0.39, 0.29) is 23.5 Å². The summed E-state index contributed by atoms with van der Waals surface area (Å²) < 4.78 is 41.5. The number of carbonyl (C=O) groups excluding carboxylic acids is 2. The van der Waals surface area contributed by atoms with Crippen LogP contribution >= 0.6 is 11.6 Å². The van der Waals surface area contributed by atoms with Gasteiger partial charge in [0.2, 0.25) is 0 Å². The van der Waals surface area contributed by atoms with E-state index in [9.17, 15) is 27.9 Å². The molecule has 11 heteroatoms. The van der Waals surface area contributed by atoms with Gasteiger partial charge in [0, 0.05) is 46.3 Å². The minimum Gasteiger partial charge on any atom is -0.369 e. The summed E-state index contributed by atoms with van der Waals surface area (Å²) >= 11 is 6.26. The molecule has 2 heterocycles. The Kier molecular flexibility index (Phi) is 9.88. The number of pyridine rings is 1. The van der Waals surface area contributed by atoms with Gasteiger partial charge in [-0.05, 0) is 49.7 Å². The maximum atomic E-state index is 13.8. The lowest BCUT2D eigenvalue weighted by Gasteiger charge is -2.35. The van der Waals surface area contributed by atoms with Crippen LogP contribution in [0, 0.1) is 11.8 Å². The first kappa shape index (κ1) is 30.7. The molecule has 1 aromatic heterocycles. The summed E-state index contributed by atoms with van der Waals surface area (Å²) in [6.07, 6.45) is -1.93. The SMILES string of the molecule is CC(CCN(C)C(=O)[C@](O)(c1ccccc1)C(F)(F)F)CC1CCN(c2ccc(C(=O)N(C)C)c(Cl)n2)CC1. The van der Waals surface area contributed by atoms with Gasteiger partial charge < -0.3 is 19.8 Å². The van der Waals surface area contributed by atoms with E-state index in [0.717, 1.165) is 55.2 Å². The van der Waals surface area contributed by atoms with E-state index in [0.29, 0.717) is 17.9 Å². The number of halogens is 4. The number of likely N-dealkylation sites (N-methyl/N-ethyl adjacent to an activating group) is 1. The first-order valence-electron chi connectivity index (χ1n) is 13.0. The maximum Gasteiger partial charge on any atom is 0.430 e. The molecular formula is C28H36ClF3N4O3. The van der Waals surface area contributed by atoms with E-state index >= 15 is 0 Å². The molecule has 1 aliphatic heterocycles. The average Bonchev–Trinajstić information content (AvgIpc) is 2.90. The Morgan fingerprint density at radius 1 is 1.10 bits per heavy atom. The zero-order chi connectivity index (χ0) is 29.0. The van der Waals surface area contributed by atoms with Crippen molar-refractivity contribution >= 4 is 29.2 Å². The number of nitrogens with zero attached hydrogens (tertiary/aromatic N) is 4. The van der Waals surface area contributed by atoms with Crippen molar-refractivity contribution in [2.24, 2.45) is 11.8 Å². The molecule has 0 aliphatic carbocycles. The normalized spacial score (nSPS) is 16.9. The smallest absolute Gasteiger partial charge is 0.369 e. The van der Waals surface area contributed by atoms with Crippen molar-refractivity contribution in [1.82, 2.24) is 14.8 Å². The Morgan fingerprint density at radius 2 is 1.72 bits per heavy atom. The van der Waals surface area contributed by atoms with E-state index in [1.807, 2.05) is 6.92 Å². The number of carbonyl (C=O) groups is 2. The van der Waals surface area contributed by atoms with Crippen molar-refractivity contribution in [1.29, 1.82) is 0 Å². The number of rotatable bonds is 9. The van der Waals surface area contributed by atoms with E-state index in [2.05, 4.69) is 9.88 Å². The van der Waals surface area contributed by atoms with Crippen molar-refractivity contribution in [3.8, 4) is 0 Å². The molecule has 2 amide bonds. The van der Waals surface area contributed by atoms with Gasteiger partial charge in [-0.25, -0.2) is 4.98 Å². The van der Waals surface area contributed by atoms with Gasteiger partial charge in [0.25, 0.3) is 17.4 Å². The highest BCUT2D eigenvalue weighted by molar-refractivity contribution is 6.32. The van der Waals surface area contributed by atoms with Crippen molar-refractivity contribution in [2.45, 2.75) is 44.4 Å². The van der Waals surface area contributed by atoms with Gasteiger partial charge in [-0.15, -0.1) is 0 Å². The number of anilines is 1. The van der Waals surface area contributed by atoms with Crippen LogP contribution < -0.4 is 4.90 Å². The largest absolute Gasteiger partial charge is 0.430 e. The molecule has 1 aromatic carbocycles. The number of aromatic nitrogens is 1. The molecule has 1 unspecified atom stereocenters. The predicted octanol–water partition coefficient (Wildman–Crippen LogP) is 4.98. The molecule has 2 aromatic rings. The Hall–Kier alpha value is -2.85. The van der Waals surface area contributed by atoms with Crippen LogP contribution in [0.2, 0.25) is 5.15 Å². The third-order valence-electron chi connectivity index (χ3n) is 7.36. The lowest BCUT2D eigenvalue weighted by atomic mass is 9.86. The number of hydrogen-bond donors (Lipinski definition) is 1. The summed E-state index contributed by atoms with van der Waals surface area (Å²) in [5.74, 6) is -0.263. The van der Waals surface area contributed by atoms with Crippen molar-refractivity contribution in [3.63, 3.8) is 0 Å². The van der Waals surface area contributed by atoms with Gasteiger partial charge in [-0.2, -0.15) is 13.2 Å². The van der Waals surface area contributed by atoms with Gasteiger partial charge in [0.05, 0.1) is 5.56 Å². The molecule has 1 fully saturated rings. The molecule has 0 radical (unpaired) electrons. The third-order valence-corrected chi connectivity index (χ3v) is 7.65. The minimum absolute atomic E-state index is 0.102. The monoisotopic (exact) mass is 568 g/mol. The minimum atomic E-state index is -5.15. The van der Waals surface area contributed by atoms with Gasteiger partial charge in [-0.1, -0.05) is 48.9 Å². The van der Waals surface area contributed by atoms with E-state index < -0.39 is 23.2 Å². The molecule has 1 aliphatic rings. The Balaban J connectivity index is 1.51. The van der Waals surface area contributed by atoms with Crippen molar-refractivity contribution < 1.29 is 27.9 Å². The molecule has 1 N–H and O–H groups in total. The third kappa shape index (κ3) is 7.03. The maximum absolute atomic E-state index is 13.8. The average molecular weight is 569 g/mol. The fourth-order valence-electron chi connectivity index (χ4n) is 4.97. The number of alkyl halides is 3. The van der Waals surface area contributed by atoms with Crippen LogP contribution in [0.3, 0.4) is 0 Å². The fourth-order valence-corrected chi connectivity index (χ4v) is 5.20. The standard InChI is InChI=1S/C28H36ClF3N4O3/c1-19(12-15-35(4)26(38)27(39,28(30,31)32)21-8-6-5-7-9-21)18-20-13-16-36(17-14-20)23-11-10-22(24(29)33-23)25(37)34(2)3/h5-11,19-20,39H,12-18H2,1-4H3/t19?,27-/m1/s1. The predicted molar refractivity (Wildman–Crippen MR) is 145 cm³/mol. The van der Waals surface area contributed by atoms with Gasteiger partial charge in [0.1, 0.15) is 11.0 Å². The van der Waals surface area contributed by atoms with Crippen LogP contribution in [-0.2, 0) is 10.4 Å². The Morgan fingerprint density at radius 3 is 2.26 bits per heavy atom. The highest BCUT2D eigenvalue weighted by atomic mass is 35.5. The summed E-state index contributed by atoms with van der Waals surface area (Å²) in [6, 6.07) is 9.95. The second-order valence-electron chi connectivity index (χ2n) is 10.6. The van der Waals surface area contributed by atoms with Crippen LogP contribution in [0.1, 0.15) is 48.5 Å². The topological polar surface area (TPSA) is 77.0 Å². The van der Waals surface area contributed by atoms with E-state index in [1.165, 1.54) is 30.1 Å². The first-order valence-corrected chi connectivity index (χ1v) is 13.4. The second-order valence-corrected chi connectivity index (χ2v) is 10.9. The lowest BCUT2D eigenvalue weighted by Crippen LogP contribution is -2.55. The summed E-state index contributed by atoms with van der Waals surface area (Å²) in [5.41, 5.74) is -3.73. The Bertz CT molecular complexity index is 1140. The molecule has 3 rings (SSSR count). The van der Waals surface area contributed by atoms with Crippen LogP contribution in [-0.4, -0.2) is 78.7 Å². The quantitative estimate of drug-likeness (QED) is 0.432. The summed E-state index contributed by atoms with van der Waals surface area (Å²) in [6.45, 7) is 3.68. The van der Waals surface area contributed by atoms with Crippen molar-refractivity contribution in [2.75, 3.05) is 45.7 Å². The molecule has 214 valence electrons. The van der Waals surface area contributed by atoms with E-state index in [4.69, 9.17) is 11.6 Å². The lowest BCUT2D eigenvalue weighted by molar-refractivity contribution is -0.261.